The Bertz CT molecular complexity index is 303. The third-order valence-electron chi connectivity index (χ3n) is 2.56. The van der Waals surface area contributed by atoms with E-state index in [9.17, 15) is 0 Å². The second kappa shape index (κ2) is 8.16. The molecule has 0 fully saturated rings. The van der Waals surface area contributed by atoms with Crippen LogP contribution in [0.5, 0.6) is 0 Å². The molecular formula is C11H22N4O2. The van der Waals surface area contributed by atoms with Gasteiger partial charge in [-0.1, -0.05) is 5.21 Å². The molecule has 0 amide bonds. The summed E-state index contributed by atoms with van der Waals surface area (Å²) in [5.41, 5.74) is 0.902. The Morgan fingerprint density at radius 3 is 2.82 bits per heavy atom. The normalized spacial score (nSPS) is 12.9. The summed E-state index contributed by atoms with van der Waals surface area (Å²) in [6, 6.07) is 0.366. The first kappa shape index (κ1) is 14.1. The molecule has 0 aliphatic carbocycles. The van der Waals surface area contributed by atoms with Crippen LogP contribution < -0.4 is 5.32 Å². The van der Waals surface area contributed by atoms with E-state index in [4.69, 9.17) is 10.2 Å². The molecule has 98 valence electrons. The molecule has 1 aromatic rings. The average Bonchev–Trinajstić information content (AvgIpc) is 2.79. The lowest BCUT2D eigenvalue weighted by Gasteiger charge is -2.11. The standard InChI is InChI=1S/C11H22N4O2/c1-10(4-2-6-16)12-8-11-9-15(14-13-11)5-3-7-17/h9-10,12,16-17H,2-8H2,1H3. The number of aliphatic hydroxyl groups is 2. The number of aliphatic hydroxyl groups excluding tert-OH is 2. The number of hydrogen-bond donors (Lipinski definition) is 3. The van der Waals surface area contributed by atoms with Crippen LogP contribution in [-0.4, -0.2) is 44.5 Å². The molecule has 0 bridgehead atoms. The highest BCUT2D eigenvalue weighted by molar-refractivity contribution is 4.91. The van der Waals surface area contributed by atoms with Crippen molar-refractivity contribution >= 4 is 0 Å². The van der Waals surface area contributed by atoms with Crippen LogP contribution in [0.2, 0.25) is 0 Å². The summed E-state index contributed by atoms with van der Waals surface area (Å²) in [4.78, 5) is 0. The predicted molar refractivity (Wildman–Crippen MR) is 64.3 cm³/mol. The van der Waals surface area contributed by atoms with Gasteiger partial charge in [-0.05, 0) is 26.2 Å². The first-order chi connectivity index (χ1) is 8.26. The molecule has 0 radical (unpaired) electrons. The number of nitrogens with one attached hydrogen (secondary N) is 1. The van der Waals surface area contributed by atoms with Gasteiger partial charge in [-0.2, -0.15) is 0 Å². The summed E-state index contributed by atoms with van der Waals surface area (Å²) in [6.45, 7) is 3.89. The van der Waals surface area contributed by atoms with Gasteiger partial charge in [-0.15, -0.1) is 5.10 Å². The third kappa shape index (κ3) is 5.76. The van der Waals surface area contributed by atoms with Crippen LogP contribution in [0.4, 0.5) is 0 Å². The van der Waals surface area contributed by atoms with Crippen molar-refractivity contribution < 1.29 is 10.2 Å². The molecule has 0 aliphatic heterocycles. The zero-order valence-corrected chi connectivity index (χ0v) is 10.3. The summed E-state index contributed by atoms with van der Waals surface area (Å²) in [5, 5.41) is 28.7. The SMILES string of the molecule is CC(CCCO)NCc1cn(CCCO)nn1. The molecule has 0 saturated carbocycles. The molecule has 0 saturated heterocycles. The molecule has 3 N–H and O–H groups in total. The number of aryl methyl sites for hydroxylation is 1. The van der Waals surface area contributed by atoms with Crippen molar-refractivity contribution in [2.45, 2.75) is 45.3 Å². The van der Waals surface area contributed by atoms with Crippen molar-refractivity contribution in [3.05, 3.63) is 11.9 Å². The Hall–Kier alpha value is -0.980. The van der Waals surface area contributed by atoms with Gasteiger partial charge in [0.05, 0.1) is 5.69 Å². The van der Waals surface area contributed by atoms with Crippen LogP contribution in [-0.2, 0) is 13.1 Å². The van der Waals surface area contributed by atoms with Gasteiger partial charge in [0.2, 0.25) is 0 Å². The van der Waals surface area contributed by atoms with Crippen molar-refractivity contribution in [2.75, 3.05) is 13.2 Å². The van der Waals surface area contributed by atoms with Crippen molar-refractivity contribution in [1.29, 1.82) is 0 Å². The van der Waals surface area contributed by atoms with Crippen LogP contribution in [0.3, 0.4) is 0 Å². The van der Waals surface area contributed by atoms with Gasteiger partial charge in [0, 0.05) is 38.5 Å². The summed E-state index contributed by atoms with van der Waals surface area (Å²) in [5.74, 6) is 0. The molecule has 0 aliphatic rings. The Balaban J connectivity index is 2.24. The molecule has 1 atom stereocenters. The fraction of sp³-hybridized carbons (Fsp3) is 0.818. The van der Waals surface area contributed by atoms with Gasteiger partial charge >= 0.3 is 0 Å². The van der Waals surface area contributed by atoms with E-state index in [1.165, 1.54) is 0 Å². The van der Waals surface area contributed by atoms with Crippen molar-refractivity contribution in [1.82, 2.24) is 20.3 Å². The predicted octanol–water partition coefficient (Wildman–Crippen LogP) is -0.0889. The van der Waals surface area contributed by atoms with Crippen molar-refractivity contribution in [3.63, 3.8) is 0 Å². The summed E-state index contributed by atoms with van der Waals surface area (Å²) in [7, 11) is 0. The van der Waals surface area contributed by atoms with Gasteiger partial charge < -0.3 is 15.5 Å². The quantitative estimate of drug-likeness (QED) is 0.564. The third-order valence-corrected chi connectivity index (χ3v) is 2.56. The minimum Gasteiger partial charge on any atom is -0.396 e. The van der Waals surface area contributed by atoms with Gasteiger partial charge in [0.25, 0.3) is 0 Å². The van der Waals surface area contributed by atoms with E-state index in [1.54, 1.807) is 4.68 Å². The van der Waals surface area contributed by atoms with Gasteiger partial charge in [0.1, 0.15) is 0 Å². The highest BCUT2D eigenvalue weighted by atomic mass is 16.3. The first-order valence-corrected chi connectivity index (χ1v) is 6.10. The molecule has 1 rings (SSSR count). The van der Waals surface area contributed by atoms with Gasteiger partial charge in [-0.3, -0.25) is 4.68 Å². The van der Waals surface area contributed by atoms with Crippen LogP contribution in [0.25, 0.3) is 0 Å². The lowest BCUT2D eigenvalue weighted by molar-refractivity contribution is 0.276. The van der Waals surface area contributed by atoms with Crippen molar-refractivity contribution in [3.8, 4) is 0 Å². The average molecular weight is 242 g/mol. The minimum atomic E-state index is 0.172. The molecule has 17 heavy (non-hydrogen) atoms. The molecule has 1 aromatic heterocycles. The Kier molecular flexibility index (Phi) is 6.76. The maximum atomic E-state index is 8.71. The number of rotatable bonds is 9. The molecule has 1 heterocycles. The molecule has 0 aromatic carbocycles. The fourth-order valence-corrected chi connectivity index (χ4v) is 1.54. The lowest BCUT2D eigenvalue weighted by Crippen LogP contribution is -2.25. The van der Waals surface area contributed by atoms with E-state index in [1.807, 2.05) is 6.20 Å². The van der Waals surface area contributed by atoms with E-state index in [-0.39, 0.29) is 13.2 Å². The Morgan fingerprint density at radius 1 is 1.35 bits per heavy atom. The largest absolute Gasteiger partial charge is 0.396 e. The molecule has 0 spiro atoms. The maximum absolute atomic E-state index is 8.71. The zero-order valence-electron chi connectivity index (χ0n) is 10.3. The van der Waals surface area contributed by atoms with Gasteiger partial charge in [0.15, 0.2) is 0 Å². The van der Waals surface area contributed by atoms with E-state index in [2.05, 4.69) is 22.6 Å². The number of hydrogen-bond acceptors (Lipinski definition) is 5. The fourth-order valence-electron chi connectivity index (χ4n) is 1.54. The summed E-state index contributed by atoms with van der Waals surface area (Å²) >= 11 is 0. The first-order valence-electron chi connectivity index (χ1n) is 6.10. The summed E-state index contributed by atoms with van der Waals surface area (Å²) < 4.78 is 1.74. The lowest BCUT2D eigenvalue weighted by atomic mass is 10.2. The monoisotopic (exact) mass is 242 g/mol. The van der Waals surface area contributed by atoms with Crippen LogP contribution in [0.1, 0.15) is 31.9 Å². The van der Waals surface area contributed by atoms with Crippen LogP contribution >= 0.6 is 0 Å². The maximum Gasteiger partial charge on any atom is 0.0964 e. The number of aromatic nitrogens is 3. The minimum absolute atomic E-state index is 0.172. The second-order valence-electron chi connectivity index (χ2n) is 4.20. The van der Waals surface area contributed by atoms with Crippen LogP contribution in [0.15, 0.2) is 6.20 Å². The molecule has 1 unspecified atom stereocenters. The Morgan fingerprint density at radius 2 is 2.12 bits per heavy atom. The molecule has 6 heteroatoms. The van der Waals surface area contributed by atoms with E-state index in [0.717, 1.165) is 18.5 Å². The second-order valence-corrected chi connectivity index (χ2v) is 4.20. The smallest absolute Gasteiger partial charge is 0.0964 e. The molecule has 6 nitrogen and oxygen atoms in total. The summed E-state index contributed by atoms with van der Waals surface area (Å²) in [6.07, 6.45) is 4.36. The highest BCUT2D eigenvalue weighted by Gasteiger charge is 2.04. The molecular weight excluding hydrogens is 220 g/mol. The van der Waals surface area contributed by atoms with E-state index in [0.29, 0.717) is 25.6 Å². The topological polar surface area (TPSA) is 83.2 Å². The number of nitrogens with zero attached hydrogens (tertiary/aromatic N) is 3. The van der Waals surface area contributed by atoms with Gasteiger partial charge in [-0.25, -0.2) is 0 Å². The zero-order chi connectivity index (χ0) is 12.5. The van der Waals surface area contributed by atoms with E-state index >= 15 is 0 Å². The highest BCUT2D eigenvalue weighted by Crippen LogP contribution is 1.99. The van der Waals surface area contributed by atoms with Crippen molar-refractivity contribution in [2.24, 2.45) is 0 Å². The van der Waals surface area contributed by atoms with Crippen LogP contribution in [0, 0.1) is 0 Å². The van der Waals surface area contributed by atoms with E-state index < -0.39 is 0 Å². The Labute approximate surface area is 102 Å².